The van der Waals surface area contributed by atoms with Gasteiger partial charge in [0, 0.05) is 22.7 Å². The maximum Gasteiger partial charge on any atom is 0.134 e. The zero-order valence-corrected chi connectivity index (χ0v) is 13.0. The number of phenolic OH excluding ortho intramolecular Hbond substituents is 2. The van der Waals surface area contributed by atoms with Crippen molar-refractivity contribution in [3.63, 3.8) is 0 Å². The summed E-state index contributed by atoms with van der Waals surface area (Å²) < 4.78 is 0. The molecule has 0 bridgehead atoms. The van der Waals surface area contributed by atoms with E-state index in [1.54, 1.807) is 17.4 Å². The van der Waals surface area contributed by atoms with Crippen LogP contribution in [0.3, 0.4) is 0 Å². The highest BCUT2D eigenvalue weighted by Gasteiger charge is 2.23. The molecule has 1 aliphatic carbocycles. The van der Waals surface area contributed by atoms with Crippen LogP contribution in [0, 0.1) is 17.2 Å². The van der Waals surface area contributed by atoms with Gasteiger partial charge in [-0.3, -0.25) is 0 Å². The van der Waals surface area contributed by atoms with Crippen LogP contribution < -0.4 is 0 Å². The summed E-state index contributed by atoms with van der Waals surface area (Å²) in [6.07, 6.45) is 4.60. The molecule has 4 nitrogen and oxygen atoms in total. The Morgan fingerprint density at radius 3 is 2.95 bits per heavy atom. The van der Waals surface area contributed by atoms with Crippen molar-refractivity contribution < 1.29 is 10.2 Å². The lowest BCUT2D eigenvalue weighted by Crippen LogP contribution is -2.09. The Morgan fingerprint density at radius 2 is 2.23 bits per heavy atom. The SMILES string of the molecule is CC1CCc2c(sc(N=Cc3ccc(O)cc3O)c2C#N)C1. The highest BCUT2D eigenvalue weighted by molar-refractivity contribution is 7.16. The van der Waals surface area contributed by atoms with Gasteiger partial charge in [-0.25, -0.2) is 4.99 Å². The number of hydrogen-bond donors (Lipinski definition) is 2. The predicted molar refractivity (Wildman–Crippen MR) is 87.2 cm³/mol. The lowest BCUT2D eigenvalue weighted by molar-refractivity contribution is 0.450. The van der Waals surface area contributed by atoms with Gasteiger partial charge in [-0.2, -0.15) is 5.26 Å². The first-order chi connectivity index (χ1) is 10.6. The fourth-order valence-electron chi connectivity index (χ4n) is 2.71. The smallest absolute Gasteiger partial charge is 0.134 e. The summed E-state index contributed by atoms with van der Waals surface area (Å²) in [6.45, 7) is 2.23. The summed E-state index contributed by atoms with van der Waals surface area (Å²) in [6, 6.07) is 6.63. The Kier molecular flexibility index (Phi) is 3.86. The van der Waals surface area contributed by atoms with E-state index in [2.05, 4.69) is 18.0 Å². The molecular formula is C17H16N2O2S. The molecule has 0 aliphatic heterocycles. The van der Waals surface area contributed by atoms with Crippen LogP contribution in [-0.2, 0) is 12.8 Å². The Hall–Kier alpha value is -2.32. The lowest BCUT2D eigenvalue weighted by atomic mass is 9.89. The zero-order chi connectivity index (χ0) is 15.7. The Bertz CT molecular complexity index is 787. The fourth-order valence-corrected chi connectivity index (χ4v) is 4.02. The summed E-state index contributed by atoms with van der Waals surface area (Å²) in [5, 5.41) is 29.2. The van der Waals surface area contributed by atoms with Crippen molar-refractivity contribution in [1.29, 1.82) is 5.26 Å². The molecule has 1 aromatic carbocycles. The van der Waals surface area contributed by atoms with Gasteiger partial charge in [-0.15, -0.1) is 11.3 Å². The number of nitriles is 1. The number of phenols is 2. The summed E-state index contributed by atoms with van der Waals surface area (Å²) in [4.78, 5) is 5.66. The molecule has 5 heteroatoms. The molecule has 1 aliphatic rings. The van der Waals surface area contributed by atoms with E-state index in [0.717, 1.165) is 24.8 Å². The summed E-state index contributed by atoms with van der Waals surface area (Å²) in [5.41, 5.74) is 2.33. The third-order valence-electron chi connectivity index (χ3n) is 3.94. The normalized spacial score (nSPS) is 17.4. The van der Waals surface area contributed by atoms with Gasteiger partial charge >= 0.3 is 0 Å². The van der Waals surface area contributed by atoms with Crippen molar-refractivity contribution in [2.75, 3.05) is 0 Å². The third-order valence-corrected chi connectivity index (χ3v) is 5.10. The van der Waals surface area contributed by atoms with Gasteiger partial charge in [0.05, 0.1) is 5.56 Å². The standard InChI is InChI=1S/C17H16N2O2S/c1-10-2-5-13-14(8-18)17(22-16(13)6-10)19-9-11-3-4-12(20)7-15(11)21/h3-4,7,9-10,20-21H,2,5-6H2,1H3. The molecule has 0 spiro atoms. The van der Waals surface area contributed by atoms with Crippen molar-refractivity contribution in [1.82, 2.24) is 0 Å². The highest BCUT2D eigenvalue weighted by atomic mass is 32.1. The van der Waals surface area contributed by atoms with Crippen molar-refractivity contribution in [2.24, 2.45) is 10.9 Å². The maximum atomic E-state index is 9.78. The summed E-state index contributed by atoms with van der Waals surface area (Å²) in [7, 11) is 0. The van der Waals surface area contributed by atoms with Gasteiger partial charge in [-0.1, -0.05) is 6.92 Å². The number of rotatable bonds is 2. The number of thiophene rings is 1. The van der Waals surface area contributed by atoms with E-state index < -0.39 is 0 Å². The van der Waals surface area contributed by atoms with Crippen LogP contribution in [0.5, 0.6) is 11.5 Å². The molecule has 3 rings (SSSR count). The molecule has 2 aromatic rings. The first-order valence-corrected chi connectivity index (χ1v) is 8.01. The Labute approximate surface area is 133 Å². The van der Waals surface area contributed by atoms with Crippen molar-refractivity contribution >= 4 is 22.6 Å². The molecule has 22 heavy (non-hydrogen) atoms. The summed E-state index contributed by atoms with van der Waals surface area (Å²) >= 11 is 1.57. The van der Waals surface area contributed by atoms with E-state index in [1.165, 1.54) is 23.2 Å². The van der Waals surface area contributed by atoms with Gasteiger partial charge in [0.25, 0.3) is 0 Å². The van der Waals surface area contributed by atoms with Crippen LogP contribution in [0.4, 0.5) is 5.00 Å². The van der Waals surface area contributed by atoms with Crippen molar-refractivity contribution in [3.8, 4) is 17.6 Å². The average molecular weight is 312 g/mol. The van der Waals surface area contributed by atoms with E-state index in [4.69, 9.17) is 0 Å². The number of hydrogen-bond acceptors (Lipinski definition) is 5. The monoisotopic (exact) mass is 312 g/mol. The predicted octanol–water partition coefficient (Wildman–Crippen LogP) is 3.91. The Morgan fingerprint density at radius 1 is 1.41 bits per heavy atom. The van der Waals surface area contributed by atoms with Crippen LogP contribution in [0.1, 0.15) is 34.9 Å². The second-order valence-electron chi connectivity index (χ2n) is 5.65. The molecule has 1 aromatic heterocycles. The zero-order valence-electron chi connectivity index (χ0n) is 12.2. The fraction of sp³-hybridized carbons (Fsp3) is 0.294. The Balaban J connectivity index is 1.96. The van der Waals surface area contributed by atoms with Crippen LogP contribution in [0.25, 0.3) is 0 Å². The van der Waals surface area contributed by atoms with Crippen LogP contribution in [0.15, 0.2) is 23.2 Å². The minimum absolute atomic E-state index is 0.00735. The molecule has 0 saturated carbocycles. The molecule has 1 heterocycles. The van der Waals surface area contributed by atoms with Crippen LogP contribution in [0.2, 0.25) is 0 Å². The van der Waals surface area contributed by atoms with E-state index in [9.17, 15) is 15.5 Å². The highest BCUT2D eigenvalue weighted by Crippen LogP contribution is 2.40. The van der Waals surface area contributed by atoms with E-state index in [-0.39, 0.29) is 11.5 Å². The first kappa shape index (κ1) is 14.6. The van der Waals surface area contributed by atoms with Gasteiger partial charge in [-0.05, 0) is 42.9 Å². The largest absolute Gasteiger partial charge is 0.508 e. The minimum atomic E-state index is -0.0304. The molecule has 1 unspecified atom stereocenters. The number of aliphatic imine (C=N–C) groups is 1. The maximum absolute atomic E-state index is 9.78. The molecule has 0 saturated heterocycles. The van der Waals surface area contributed by atoms with Gasteiger partial charge < -0.3 is 10.2 Å². The average Bonchev–Trinajstić information content (AvgIpc) is 2.82. The minimum Gasteiger partial charge on any atom is -0.508 e. The molecule has 2 N–H and O–H groups in total. The molecular weight excluding hydrogens is 296 g/mol. The first-order valence-electron chi connectivity index (χ1n) is 7.19. The number of benzene rings is 1. The molecule has 1 atom stereocenters. The van der Waals surface area contributed by atoms with Crippen LogP contribution in [-0.4, -0.2) is 16.4 Å². The van der Waals surface area contributed by atoms with Gasteiger partial charge in [0.15, 0.2) is 0 Å². The van der Waals surface area contributed by atoms with E-state index in [0.29, 0.717) is 22.0 Å². The third kappa shape index (κ3) is 2.70. The molecule has 0 fully saturated rings. The number of fused-ring (bicyclic) bond motifs is 1. The second kappa shape index (κ2) is 5.82. The van der Waals surface area contributed by atoms with Gasteiger partial charge in [0.2, 0.25) is 0 Å². The van der Waals surface area contributed by atoms with Crippen molar-refractivity contribution in [3.05, 3.63) is 39.8 Å². The molecule has 0 radical (unpaired) electrons. The van der Waals surface area contributed by atoms with E-state index >= 15 is 0 Å². The van der Waals surface area contributed by atoms with Gasteiger partial charge in [0.1, 0.15) is 22.6 Å². The topological polar surface area (TPSA) is 76.6 Å². The number of nitrogens with zero attached hydrogens (tertiary/aromatic N) is 2. The second-order valence-corrected chi connectivity index (χ2v) is 6.73. The van der Waals surface area contributed by atoms with E-state index in [1.807, 2.05) is 0 Å². The molecule has 0 amide bonds. The quantitative estimate of drug-likeness (QED) is 0.825. The lowest BCUT2D eigenvalue weighted by Gasteiger charge is -2.17. The molecule has 112 valence electrons. The van der Waals surface area contributed by atoms with Crippen molar-refractivity contribution in [2.45, 2.75) is 26.2 Å². The number of aromatic hydroxyl groups is 2. The summed E-state index contributed by atoms with van der Waals surface area (Å²) in [5.74, 6) is 0.626. The van der Waals surface area contributed by atoms with Crippen LogP contribution >= 0.6 is 11.3 Å².